The van der Waals surface area contributed by atoms with E-state index in [-0.39, 0.29) is 5.97 Å². The zero-order valence-electron chi connectivity index (χ0n) is 12.6. The van der Waals surface area contributed by atoms with Gasteiger partial charge in [0.2, 0.25) is 0 Å². The van der Waals surface area contributed by atoms with Gasteiger partial charge >= 0.3 is 5.97 Å². The average molecular weight is 302 g/mol. The summed E-state index contributed by atoms with van der Waals surface area (Å²) in [6.45, 7) is 0. The summed E-state index contributed by atoms with van der Waals surface area (Å²) in [5.74, 6) is 0.427. The van der Waals surface area contributed by atoms with Crippen LogP contribution >= 0.6 is 0 Å². The van der Waals surface area contributed by atoms with Crippen LogP contribution in [-0.4, -0.2) is 22.6 Å². The van der Waals surface area contributed by atoms with Gasteiger partial charge in [0.25, 0.3) is 0 Å². The van der Waals surface area contributed by atoms with Gasteiger partial charge < -0.3 is 9.30 Å². The molecule has 2 aromatic carbocycles. The van der Waals surface area contributed by atoms with E-state index >= 15 is 0 Å². The fourth-order valence-electron chi connectivity index (χ4n) is 2.83. The molecule has 2 heterocycles. The van der Waals surface area contributed by atoms with Gasteiger partial charge in [-0.3, -0.25) is 0 Å². The topological polar surface area (TPSA) is 44.1 Å². The van der Waals surface area contributed by atoms with Crippen LogP contribution < -0.4 is 0 Å². The number of ether oxygens (including phenoxy) is 1. The van der Waals surface area contributed by atoms with Crippen LogP contribution in [0.3, 0.4) is 0 Å². The van der Waals surface area contributed by atoms with Crippen molar-refractivity contribution in [2.24, 2.45) is 0 Å². The Kier molecular flexibility index (Phi) is 3.08. The Labute approximate surface area is 132 Å². The molecule has 0 amide bonds. The Morgan fingerprint density at radius 1 is 1.00 bits per heavy atom. The molecule has 0 N–H and O–H groups in total. The number of carbonyl (C=O) groups excluding carboxylic acids is 1. The Morgan fingerprint density at radius 3 is 2.65 bits per heavy atom. The number of para-hydroxylation sites is 2. The van der Waals surface area contributed by atoms with Crippen molar-refractivity contribution in [2.75, 3.05) is 7.11 Å². The molecule has 0 atom stereocenters. The highest BCUT2D eigenvalue weighted by molar-refractivity contribution is 6.04. The van der Waals surface area contributed by atoms with Gasteiger partial charge in [0.1, 0.15) is 5.82 Å². The van der Waals surface area contributed by atoms with Gasteiger partial charge in [-0.05, 0) is 24.3 Å². The van der Waals surface area contributed by atoms with Crippen LogP contribution in [0.2, 0.25) is 0 Å². The number of aromatic nitrogens is 2. The molecular weight excluding hydrogens is 288 g/mol. The van der Waals surface area contributed by atoms with Crippen molar-refractivity contribution < 1.29 is 9.53 Å². The maximum Gasteiger partial charge on any atom is 0.340 e. The molecule has 0 spiro atoms. The quantitative estimate of drug-likeness (QED) is 0.526. The van der Waals surface area contributed by atoms with Crippen molar-refractivity contribution in [3.63, 3.8) is 0 Å². The first kappa shape index (κ1) is 13.5. The largest absolute Gasteiger partial charge is 0.465 e. The van der Waals surface area contributed by atoms with Crippen LogP contribution in [0.25, 0.3) is 27.6 Å². The third kappa shape index (κ3) is 2.16. The predicted octanol–water partition coefficient (Wildman–Crippen LogP) is 3.97. The molecule has 0 saturated carbocycles. The van der Waals surface area contributed by atoms with Crippen molar-refractivity contribution in [2.45, 2.75) is 0 Å². The molecule has 23 heavy (non-hydrogen) atoms. The first-order valence-electron chi connectivity index (χ1n) is 7.32. The van der Waals surface area contributed by atoms with Crippen LogP contribution in [0.5, 0.6) is 0 Å². The van der Waals surface area contributed by atoms with Crippen LogP contribution in [-0.2, 0) is 4.74 Å². The molecule has 0 bridgehead atoms. The first-order valence-corrected chi connectivity index (χ1v) is 7.32. The summed E-state index contributed by atoms with van der Waals surface area (Å²) < 4.78 is 6.82. The van der Waals surface area contributed by atoms with Crippen molar-refractivity contribution in [1.29, 1.82) is 0 Å². The zero-order valence-corrected chi connectivity index (χ0v) is 12.6. The zero-order chi connectivity index (χ0) is 15.8. The Balaban J connectivity index is 1.98. The standard InChI is InChI=1S/C19H14N2O2/c1-23-19(22)15-12-21(17-9-5-3-7-14(15)17)18-11-10-13-6-2-4-8-16(13)20-18/h2-12H,1H3. The lowest BCUT2D eigenvalue weighted by atomic mass is 10.2. The highest BCUT2D eigenvalue weighted by Crippen LogP contribution is 2.25. The lowest BCUT2D eigenvalue weighted by Gasteiger charge is -2.05. The molecule has 0 aliphatic heterocycles. The molecule has 0 radical (unpaired) electrons. The Bertz CT molecular complexity index is 1030. The average Bonchev–Trinajstić information content (AvgIpc) is 3.00. The summed E-state index contributed by atoms with van der Waals surface area (Å²) in [5.41, 5.74) is 2.39. The van der Waals surface area contributed by atoms with Gasteiger partial charge in [0, 0.05) is 17.0 Å². The van der Waals surface area contributed by atoms with E-state index in [4.69, 9.17) is 9.72 Å². The van der Waals surface area contributed by atoms with Crippen molar-refractivity contribution >= 4 is 27.8 Å². The van der Waals surface area contributed by atoms with E-state index in [1.54, 1.807) is 6.20 Å². The minimum absolute atomic E-state index is 0.347. The fourth-order valence-corrected chi connectivity index (χ4v) is 2.83. The number of nitrogens with zero attached hydrogens (tertiary/aromatic N) is 2. The number of rotatable bonds is 2. The summed E-state index contributed by atoms with van der Waals surface area (Å²) in [4.78, 5) is 16.7. The molecule has 112 valence electrons. The molecular formula is C19H14N2O2. The van der Waals surface area contributed by atoms with Crippen LogP contribution in [0.15, 0.2) is 66.9 Å². The Morgan fingerprint density at radius 2 is 1.78 bits per heavy atom. The molecule has 4 nitrogen and oxygen atoms in total. The maximum absolute atomic E-state index is 12.0. The van der Waals surface area contributed by atoms with Gasteiger partial charge in [-0.25, -0.2) is 9.78 Å². The van der Waals surface area contributed by atoms with Gasteiger partial charge in [0.05, 0.1) is 23.7 Å². The third-order valence-electron chi connectivity index (χ3n) is 3.95. The lowest BCUT2D eigenvalue weighted by Crippen LogP contribution is -2.00. The van der Waals surface area contributed by atoms with Crippen molar-refractivity contribution in [3.8, 4) is 5.82 Å². The smallest absolute Gasteiger partial charge is 0.340 e. The second kappa shape index (κ2) is 5.25. The number of methoxy groups -OCH3 is 1. The SMILES string of the molecule is COC(=O)c1cn(-c2ccc3ccccc3n2)c2ccccc12. The van der Waals surface area contributed by atoms with Crippen LogP contribution in [0.1, 0.15) is 10.4 Å². The van der Waals surface area contributed by atoms with Gasteiger partial charge in [-0.1, -0.05) is 36.4 Å². The number of fused-ring (bicyclic) bond motifs is 2. The molecule has 4 heteroatoms. The minimum Gasteiger partial charge on any atom is -0.465 e. The molecule has 4 rings (SSSR count). The second-order valence-corrected chi connectivity index (χ2v) is 5.28. The minimum atomic E-state index is -0.347. The van der Waals surface area contributed by atoms with Crippen molar-refractivity contribution in [1.82, 2.24) is 9.55 Å². The summed E-state index contributed by atoms with van der Waals surface area (Å²) in [6.07, 6.45) is 1.79. The van der Waals surface area contributed by atoms with E-state index < -0.39 is 0 Å². The normalized spacial score (nSPS) is 11.0. The molecule has 0 aliphatic rings. The number of carbonyl (C=O) groups is 1. The van der Waals surface area contributed by atoms with E-state index in [0.29, 0.717) is 5.56 Å². The molecule has 0 saturated heterocycles. The highest BCUT2D eigenvalue weighted by Gasteiger charge is 2.16. The van der Waals surface area contributed by atoms with Gasteiger partial charge in [0.15, 0.2) is 0 Å². The Hall–Kier alpha value is -3.14. The number of pyridine rings is 1. The number of hydrogen-bond acceptors (Lipinski definition) is 3. The lowest BCUT2D eigenvalue weighted by molar-refractivity contribution is 0.0603. The summed E-state index contributed by atoms with van der Waals surface area (Å²) >= 11 is 0. The van der Waals surface area contributed by atoms with Crippen LogP contribution in [0.4, 0.5) is 0 Å². The molecule has 0 unspecified atom stereocenters. The fraction of sp³-hybridized carbons (Fsp3) is 0.0526. The molecule has 0 aliphatic carbocycles. The predicted molar refractivity (Wildman–Crippen MR) is 89.9 cm³/mol. The van der Waals surface area contributed by atoms with E-state index in [2.05, 4.69) is 0 Å². The second-order valence-electron chi connectivity index (χ2n) is 5.28. The van der Waals surface area contributed by atoms with E-state index in [0.717, 1.165) is 27.6 Å². The number of hydrogen-bond donors (Lipinski definition) is 0. The van der Waals surface area contributed by atoms with Gasteiger partial charge in [-0.15, -0.1) is 0 Å². The van der Waals surface area contributed by atoms with Gasteiger partial charge in [-0.2, -0.15) is 0 Å². The van der Waals surface area contributed by atoms with Crippen LogP contribution in [0, 0.1) is 0 Å². The summed E-state index contributed by atoms with van der Waals surface area (Å²) in [7, 11) is 1.39. The van der Waals surface area contributed by atoms with E-state index in [1.165, 1.54) is 7.11 Å². The molecule has 0 fully saturated rings. The summed E-state index contributed by atoms with van der Waals surface area (Å²) in [5, 5.41) is 1.94. The van der Waals surface area contributed by atoms with E-state index in [9.17, 15) is 4.79 Å². The first-order chi connectivity index (χ1) is 11.3. The van der Waals surface area contributed by atoms with E-state index in [1.807, 2.05) is 65.2 Å². The number of esters is 1. The molecule has 2 aromatic heterocycles. The third-order valence-corrected chi connectivity index (χ3v) is 3.95. The monoisotopic (exact) mass is 302 g/mol. The van der Waals surface area contributed by atoms with Crippen molar-refractivity contribution in [3.05, 3.63) is 72.4 Å². The highest BCUT2D eigenvalue weighted by atomic mass is 16.5. The molecule has 4 aromatic rings. The summed E-state index contributed by atoms with van der Waals surface area (Å²) in [6, 6.07) is 19.7. The number of benzene rings is 2. The maximum atomic E-state index is 12.0.